The molecule has 0 aromatic heterocycles. The monoisotopic (exact) mass is 398 g/mol. The second-order valence-corrected chi connectivity index (χ2v) is 6.42. The average molecular weight is 399 g/mol. The van der Waals surface area contributed by atoms with Crippen molar-refractivity contribution in [3.63, 3.8) is 0 Å². The lowest BCUT2D eigenvalue weighted by Gasteiger charge is -2.09. The molecule has 0 aliphatic carbocycles. The molecule has 0 aliphatic heterocycles. The SMILES string of the molecule is CCOc1ccc(/C=C(\C#N)C(=O)Nc2cc(C)ccc2C)cc1Br. The number of benzene rings is 2. The van der Waals surface area contributed by atoms with Gasteiger partial charge in [0.05, 0.1) is 11.1 Å². The highest BCUT2D eigenvalue weighted by atomic mass is 79.9. The highest BCUT2D eigenvalue weighted by Crippen LogP contribution is 2.27. The molecule has 0 spiro atoms. The summed E-state index contributed by atoms with van der Waals surface area (Å²) in [6.07, 6.45) is 1.56. The summed E-state index contributed by atoms with van der Waals surface area (Å²) in [5, 5.41) is 12.2. The van der Waals surface area contributed by atoms with Crippen molar-refractivity contribution in [1.29, 1.82) is 5.26 Å². The smallest absolute Gasteiger partial charge is 0.266 e. The van der Waals surface area contributed by atoms with E-state index in [2.05, 4.69) is 21.2 Å². The number of hydrogen-bond donors (Lipinski definition) is 1. The van der Waals surface area contributed by atoms with Crippen molar-refractivity contribution in [1.82, 2.24) is 0 Å². The van der Waals surface area contributed by atoms with Crippen molar-refractivity contribution in [2.24, 2.45) is 0 Å². The van der Waals surface area contributed by atoms with Crippen LogP contribution in [0.5, 0.6) is 5.75 Å². The van der Waals surface area contributed by atoms with Crippen molar-refractivity contribution in [2.45, 2.75) is 20.8 Å². The molecule has 2 rings (SSSR count). The van der Waals surface area contributed by atoms with E-state index in [4.69, 9.17) is 4.74 Å². The molecule has 1 N–H and O–H groups in total. The van der Waals surface area contributed by atoms with E-state index in [0.717, 1.165) is 26.9 Å². The van der Waals surface area contributed by atoms with Gasteiger partial charge in [0.1, 0.15) is 17.4 Å². The quantitative estimate of drug-likeness (QED) is 0.568. The molecule has 0 aliphatic rings. The van der Waals surface area contributed by atoms with Gasteiger partial charge < -0.3 is 10.1 Å². The Balaban J connectivity index is 2.25. The number of nitrogens with one attached hydrogen (secondary N) is 1. The van der Waals surface area contributed by atoms with Crippen LogP contribution in [0.1, 0.15) is 23.6 Å². The Bertz CT molecular complexity index is 866. The van der Waals surface area contributed by atoms with Crippen molar-refractivity contribution in [2.75, 3.05) is 11.9 Å². The van der Waals surface area contributed by atoms with E-state index >= 15 is 0 Å². The number of carbonyl (C=O) groups is 1. The number of nitrogens with zero attached hydrogens (tertiary/aromatic N) is 1. The summed E-state index contributed by atoms with van der Waals surface area (Å²) in [5.74, 6) is 0.291. The fraction of sp³-hybridized carbons (Fsp3) is 0.200. The first kappa shape index (κ1) is 18.8. The van der Waals surface area contributed by atoms with Crippen molar-refractivity contribution in [3.8, 4) is 11.8 Å². The summed E-state index contributed by atoms with van der Waals surface area (Å²) in [7, 11) is 0. The highest BCUT2D eigenvalue weighted by molar-refractivity contribution is 9.10. The summed E-state index contributed by atoms with van der Waals surface area (Å²) in [6.45, 7) is 6.34. The number of ether oxygens (including phenoxy) is 1. The van der Waals surface area contributed by atoms with Gasteiger partial charge in [-0.25, -0.2) is 0 Å². The summed E-state index contributed by atoms with van der Waals surface area (Å²) in [5.41, 5.74) is 3.47. The van der Waals surface area contributed by atoms with Crippen molar-refractivity contribution >= 4 is 33.6 Å². The zero-order valence-electron chi connectivity index (χ0n) is 14.4. The molecule has 0 saturated heterocycles. The maximum Gasteiger partial charge on any atom is 0.266 e. The van der Waals surface area contributed by atoms with Crippen molar-refractivity contribution in [3.05, 3.63) is 63.1 Å². The third-order valence-electron chi connectivity index (χ3n) is 3.57. The van der Waals surface area contributed by atoms with Crippen LogP contribution in [0.3, 0.4) is 0 Å². The second kappa shape index (κ2) is 8.50. The Hall–Kier alpha value is -2.58. The number of halogens is 1. The summed E-state index contributed by atoms with van der Waals surface area (Å²) < 4.78 is 6.24. The largest absolute Gasteiger partial charge is 0.493 e. The molecule has 0 fully saturated rings. The molecule has 2 aromatic carbocycles. The molecule has 1 amide bonds. The maximum atomic E-state index is 12.4. The second-order valence-electron chi connectivity index (χ2n) is 5.57. The number of amides is 1. The van der Waals surface area contributed by atoms with Gasteiger partial charge >= 0.3 is 0 Å². The van der Waals surface area contributed by atoms with Gasteiger partial charge in [-0.1, -0.05) is 18.2 Å². The van der Waals surface area contributed by atoms with Crippen LogP contribution in [0.25, 0.3) is 6.08 Å². The normalized spacial score (nSPS) is 10.9. The van der Waals surface area contributed by atoms with Crippen LogP contribution in [0.4, 0.5) is 5.69 Å². The lowest BCUT2D eigenvalue weighted by Crippen LogP contribution is -2.14. The molecule has 0 unspecified atom stereocenters. The number of aryl methyl sites for hydroxylation is 2. The van der Waals surface area contributed by atoms with E-state index < -0.39 is 5.91 Å². The molecule has 0 heterocycles. The van der Waals surface area contributed by atoms with Gasteiger partial charge in [0, 0.05) is 5.69 Å². The standard InChI is InChI=1S/C20H19BrN2O2/c1-4-25-19-8-7-15(11-17(19)21)10-16(12-22)20(24)23-18-9-13(2)5-6-14(18)3/h5-11H,4H2,1-3H3,(H,23,24)/b16-10+. The summed E-state index contributed by atoms with van der Waals surface area (Å²) >= 11 is 3.43. The van der Waals surface area contributed by atoms with Gasteiger partial charge in [-0.05, 0) is 77.7 Å². The van der Waals surface area contributed by atoms with Gasteiger partial charge in [-0.3, -0.25) is 4.79 Å². The predicted molar refractivity (Wildman–Crippen MR) is 103 cm³/mol. The Labute approximate surface area is 156 Å². The molecule has 0 bridgehead atoms. The Morgan fingerprint density at radius 1 is 1.28 bits per heavy atom. The van der Waals surface area contributed by atoms with E-state index in [1.807, 2.05) is 51.1 Å². The number of anilines is 1. The van der Waals surface area contributed by atoms with Gasteiger partial charge in [0.25, 0.3) is 5.91 Å². The van der Waals surface area contributed by atoms with Crippen LogP contribution in [0.2, 0.25) is 0 Å². The van der Waals surface area contributed by atoms with E-state index in [0.29, 0.717) is 12.3 Å². The van der Waals surface area contributed by atoms with E-state index in [1.54, 1.807) is 18.2 Å². The van der Waals surface area contributed by atoms with E-state index in [1.165, 1.54) is 0 Å². The zero-order valence-corrected chi connectivity index (χ0v) is 16.0. The van der Waals surface area contributed by atoms with Crippen LogP contribution >= 0.6 is 15.9 Å². The van der Waals surface area contributed by atoms with E-state index in [9.17, 15) is 10.1 Å². The molecular formula is C20H19BrN2O2. The van der Waals surface area contributed by atoms with E-state index in [-0.39, 0.29) is 5.57 Å². The predicted octanol–water partition coefficient (Wildman–Crippen LogP) is 5.01. The topological polar surface area (TPSA) is 62.1 Å². The highest BCUT2D eigenvalue weighted by Gasteiger charge is 2.11. The molecule has 4 nitrogen and oxygen atoms in total. The fourth-order valence-electron chi connectivity index (χ4n) is 2.25. The van der Waals surface area contributed by atoms with Gasteiger partial charge in [-0.2, -0.15) is 5.26 Å². The Morgan fingerprint density at radius 3 is 2.68 bits per heavy atom. The van der Waals surface area contributed by atoms with Gasteiger partial charge in [0.15, 0.2) is 0 Å². The van der Waals surface area contributed by atoms with Gasteiger partial charge in [-0.15, -0.1) is 0 Å². The van der Waals surface area contributed by atoms with Crippen LogP contribution in [0, 0.1) is 25.2 Å². The lowest BCUT2D eigenvalue weighted by molar-refractivity contribution is -0.112. The molecule has 0 radical (unpaired) electrons. The maximum absolute atomic E-state index is 12.4. The number of hydrogen-bond acceptors (Lipinski definition) is 3. The average Bonchev–Trinajstić information content (AvgIpc) is 2.58. The Morgan fingerprint density at radius 2 is 2.04 bits per heavy atom. The Kier molecular flexibility index (Phi) is 6.37. The first-order chi connectivity index (χ1) is 11.9. The van der Waals surface area contributed by atoms with Crippen LogP contribution < -0.4 is 10.1 Å². The van der Waals surface area contributed by atoms with Crippen molar-refractivity contribution < 1.29 is 9.53 Å². The minimum Gasteiger partial charge on any atom is -0.493 e. The summed E-state index contributed by atoms with van der Waals surface area (Å²) in [6, 6.07) is 13.2. The minimum atomic E-state index is -0.429. The third kappa shape index (κ3) is 4.94. The fourth-order valence-corrected chi connectivity index (χ4v) is 2.77. The van der Waals surface area contributed by atoms with Crippen LogP contribution in [-0.4, -0.2) is 12.5 Å². The number of nitriles is 1. The van der Waals surface area contributed by atoms with Crippen LogP contribution in [-0.2, 0) is 4.79 Å². The van der Waals surface area contributed by atoms with Gasteiger partial charge in [0.2, 0.25) is 0 Å². The minimum absolute atomic E-state index is 0.0389. The lowest BCUT2D eigenvalue weighted by atomic mass is 10.1. The zero-order chi connectivity index (χ0) is 18.4. The first-order valence-corrected chi connectivity index (χ1v) is 8.66. The molecular weight excluding hydrogens is 380 g/mol. The molecule has 2 aromatic rings. The molecule has 25 heavy (non-hydrogen) atoms. The van der Waals surface area contributed by atoms with Crippen LogP contribution in [0.15, 0.2) is 46.4 Å². The first-order valence-electron chi connectivity index (χ1n) is 7.87. The molecule has 0 atom stereocenters. The number of rotatable bonds is 5. The summed E-state index contributed by atoms with van der Waals surface area (Å²) in [4.78, 5) is 12.4. The third-order valence-corrected chi connectivity index (χ3v) is 4.19. The molecule has 5 heteroatoms. The number of carbonyl (C=O) groups excluding carboxylic acids is 1. The molecule has 128 valence electrons. The molecule has 0 saturated carbocycles.